The maximum atomic E-state index is 13.4. The molecule has 1 aliphatic carbocycles. The molecular weight excluding hydrogens is 271 g/mol. The summed E-state index contributed by atoms with van der Waals surface area (Å²) in [6.07, 6.45) is 3.97. The Bertz CT molecular complexity index is 896. The van der Waals surface area contributed by atoms with E-state index in [9.17, 15) is 9.18 Å². The number of fused-ring (bicyclic) bond motifs is 3. The SMILES string of the molecule is O=c1c2nnc3c(c2[nH]n1-c1cccc(F)c1)CCCC3. The molecular formula is C15H13FN4O. The zero-order chi connectivity index (χ0) is 14.4. The van der Waals surface area contributed by atoms with Gasteiger partial charge in [-0.2, -0.15) is 5.10 Å². The van der Waals surface area contributed by atoms with Crippen LogP contribution in [0.15, 0.2) is 29.1 Å². The van der Waals surface area contributed by atoms with Gasteiger partial charge >= 0.3 is 0 Å². The third-order valence-corrected chi connectivity index (χ3v) is 3.94. The molecule has 0 atom stereocenters. The minimum atomic E-state index is -0.383. The van der Waals surface area contributed by atoms with E-state index in [0.717, 1.165) is 42.5 Å². The van der Waals surface area contributed by atoms with Crippen molar-refractivity contribution < 1.29 is 4.39 Å². The van der Waals surface area contributed by atoms with E-state index in [2.05, 4.69) is 15.3 Å². The van der Waals surface area contributed by atoms with E-state index in [1.165, 1.54) is 16.8 Å². The molecule has 1 aromatic carbocycles. The fraction of sp³-hybridized carbons (Fsp3) is 0.267. The lowest BCUT2D eigenvalue weighted by Gasteiger charge is -2.13. The minimum absolute atomic E-state index is 0.295. The van der Waals surface area contributed by atoms with Gasteiger partial charge in [-0.25, -0.2) is 9.07 Å². The molecule has 0 radical (unpaired) electrons. The Morgan fingerprint density at radius 3 is 2.90 bits per heavy atom. The lowest BCUT2D eigenvalue weighted by molar-refractivity contribution is 0.625. The molecule has 3 aromatic rings. The normalized spacial score (nSPS) is 14.3. The summed E-state index contributed by atoms with van der Waals surface area (Å²) in [4.78, 5) is 12.4. The first-order valence-electron chi connectivity index (χ1n) is 6.99. The number of hydrogen-bond acceptors (Lipinski definition) is 3. The number of aromatic nitrogens is 4. The van der Waals surface area contributed by atoms with Gasteiger partial charge in [0.05, 0.1) is 16.9 Å². The lowest BCUT2D eigenvalue weighted by atomic mass is 9.96. The number of rotatable bonds is 1. The number of hydrogen-bond donors (Lipinski definition) is 1. The summed E-state index contributed by atoms with van der Waals surface area (Å²) >= 11 is 0. The molecule has 0 amide bonds. The lowest BCUT2D eigenvalue weighted by Crippen LogP contribution is -2.15. The number of nitrogens with zero attached hydrogens (tertiary/aromatic N) is 3. The molecule has 1 aliphatic rings. The summed E-state index contributed by atoms with van der Waals surface area (Å²) < 4.78 is 14.7. The molecule has 0 saturated heterocycles. The minimum Gasteiger partial charge on any atom is -0.288 e. The maximum absolute atomic E-state index is 13.4. The van der Waals surface area contributed by atoms with Crippen molar-refractivity contribution in [1.29, 1.82) is 0 Å². The van der Waals surface area contributed by atoms with E-state index in [-0.39, 0.29) is 11.4 Å². The van der Waals surface area contributed by atoms with Crippen LogP contribution < -0.4 is 5.56 Å². The summed E-state index contributed by atoms with van der Waals surface area (Å²) in [6, 6.07) is 5.92. The monoisotopic (exact) mass is 284 g/mol. The highest BCUT2D eigenvalue weighted by molar-refractivity contribution is 5.78. The highest BCUT2D eigenvalue weighted by Crippen LogP contribution is 2.24. The van der Waals surface area contributed by atoms with E-state index in [0.29, 0.717) is 11.2 Å². The molecule has 106 valence electrons. The second-order valence-electron chi connectivity index (χ2n) is 5.29. The van der Waals surface area contributed by atoms with Crippen LogP contribution in [0.3, 0.4) is 0 Å². The van der Waals surface area contributed by atoms with Crippen molar-refractivity contribution >= 4 is 11.0 Å². The molecule has 5 nitrogen and oxygen atoms in total. The molecule has 4 rings (SSSR count). The van der Waals surface area contributed by atoms with Gasteiger partial charge in [0.1, 0.15) is 5.82 Å². The molecule has 0 fully saturated rings. The molecule has 0 saturated carbocycles. The average Bonchev–Trinajstić information content (AvgIpc) is 2.85. The van der Waals surface area contributed by atoms with Crippen molar-refractivity contribution in [3.8, 4) is 5.69 Å². The van der Waals surface area contributed by atoms with Crippen LogP contribution in [-0.2, 0) is 12.8 Å². The Hall–Kier alpha value is -2.50. The predicted molar refractivity (Wildman–Crippen MR) is 76.1 cm³/mol. The van der Waals surface area contributed by atoms with Crippen molar-refractivity contribution in [2.45, 2.75) is 25.7 Å². The van der Waals surface area contributed by atoms with Gasteiger partial charge in [0.2, 0.25) is 0 Å². The Kier molecular flexibility index (Phi) is 2.63. The first-order valence-corrected chi connectivity index (χ1v) is 6.99. The van der Waals surface area contributed by atoms with Gasteiger partial charge in [0, 0.05) is 5.56 Å². The zero-order valence-corrected chi connectivity index (χ0v) is 11.3. The van der Waals surface area contributed by atoms with Gasteiger partial charge in [-0.15, -0.1) is 5.10 Å². The highest BCUT2D eigenvalue weighted by Gasteiger charge is 2.19. The fourth-order valence-corrected chi connectivity index (χ4v) is 2.91. The summed E-state index contributed by atoms with van der Waals surface area (Å²) in [5.74, 6) is -0.383. The van der Waals surface area contributed by atoms with Crippen molar-refractivity contribution in [1.82, 2.24) is 20.0 Å². The number of benzene rings is 1. The molecule has 0 aliphatic heterocycles. The molecule has 2 aromatic heterocycles. The predicted octanol–water partition coefficient (Wildman–Crippen LogP) is 2.13. The summed E-state index contributed by atoms with van der Waals surface area (Å²) in [7, 11) is 0. The molecule has 6 heteroatoms. The van der Waals surface area contributed by atoms with Crippen LogP contribution in [0.5, 0.6) is 0 Å². The van der Waals surface area contributed by atoms with Gasteiger partial charge in [-0.05, 0) is 43.9 Å². The number of aryl methyl sites for hydroxylation is 2. The first-order chi connectivity index (χ1) is 10.2. The van der Waals surface area contributed by atoms with E-state index < -0.39 is 0 Å². The van der Waals surface area contributed by atoms with Crippen molar-refractivity contribution in [2.75, 3.05) is 0 Å². The number of H-pyrrole nitrogens is 1. The van der Waals surface area contributed by atoms with Crippen LogP contribution in [0.4, 0.5) is 4.39 Å². The smallest absolute Gasteiger partial charge is 0.288 e. The van der Waals surface area contributed by atoms with Gasteiger partial charge in [0.25, 0.3) is 5.56 Å². The Labute approximate surface area is 119 Å². The summed E-state index contributed by atoms with van der Waals surface area (Å²) in [5.41, 5.74) is 3.24. The average molecular weight is 284 g/mol. The van der Waals surface area contributed by atoms with Crippen LogP contribution in [-0.4, -0.2) is 20.0 Å². The van der Waals surface area contributed by atoms with Gasteiger partial charge in [-0.1, -0.05) is 6.07 Å². The van der Waals surface area contributed by atoms with Crippen LogP contribution in [0, 0.1) is 5.82 Å². The Balaban J connectivity index is 2.00. The first kappa shape index (κ1) is 12.3. The number of aromatic amines is 1. The molecule has 21 heavy (non-hydrogen) atoms. The fourth-order valence-electron chi connectivity index (χ4n) is 2.91. The third-order valence-electron chi connectivity index (χ3n) is 3.94. The van der Waals surface area contributed by atoms with E-state index in [4.69, 9.17) is 0 Å². The van der Waals surface area contributed by atoms with Gasteiger partial charge < -0.3 is 0 Å². The van der Waals surface area contributed by atoms with E-state index in [1.54, 1.807) is 12.1 Å². The number of nitrogens with one attached hydrogen (secondary N) is 1. The largest absolute Gasteiger partial charge is 0.299 e. The van der Waals surface area contributed by atoms with Crippen LogP contribution in [0.1, 0.15) is 24.1 Å². The summed E-state index contributed by atoms with van der Waals surface area (Å²) in [6.45, 7) is 0. The zero-order valence-electron chi connectivity index (χ0n) is 11.3. The Morgan fingerprint density at radius 2 is 2.05 bits per heavy atom. The molecule has 1 N–H and O–H groups in total. The van der Waals surface area contributed by atoms with Gasteiger partial charge in [-0.3, -0.25) is 9.89 Å². The van der Waals surface area contributed by atoms with Crippen molar-refractivity contribution in [2.24, 2.45) is 0 Å². The molecule has 0 unspecified atom stereocenters. The molecule has 0 spiro atoms. The second-order valence-corrected chi connectivity index (χ2v) is 5.29. The third kappa shape index (κ3) is 1.86. The second kappa shape index (κ2) is 4.51. The van der Waals surface area contributed by atoms with E-state index in [1.807, 2.05) is 0 Å². The molecule has 0 bridgehead atoms. The van der Waals surface area contributed by atoms with Crippen molar-refractivity contribution in [3.63, 3.8) is 0 Å². The van der Waals surface area contributed by atoms with Crippen LogP contribution in [0.25, 0.3) is 16.7 Å². The highest BCUT2D eigenvalue weighted by atomic mass is 19.1. The standard InChI is InChI=1S/C15H13FN4O/c16-9-4-3-5-10(8-9)20-15(21)14-13(19-20)11-6-1-2-7-12(11)17-18-14/h3-5,8,19H,1-2,6-7H2. The topological polar surface area (TPSA) is 63.6 Å². The number of halogens is 1. The van der Waals surface area contributed by atoms with E-state index >= 15 is 0 Å². The summed E-state index contributed by atoms with van der Waals surface area (Å²) in [5, 5.41) is 11.3. The molecule has 2 heterocycles. The Morgan fingerprint density at radius 1 is 1.19 bits per heavy atom. The quantitative estimate of drug-likeness (QED) is 0.744. The van der Waals surface area contributed by atoms with Crippen LogP contribution >= 0.6 is 0 Å². The van der Waals surface area contributed by atoms with Gasteiger partial charge in [0.15, 0.2) is 5.52 Å². The maximum Gasteiger partial charge on any atom is 0.299 e. The van der Waals surface area contributed by atoms with Crippen LogP contribution in [0.2, 0.25) is 0 Å². The van der Waals surface area contributed by atoms with Crippen molar-refractivity contribution in [3.05, 3.63) is 51.7 Å².